The summed E-state index contributed by atoms with van der Waals surface area (Å²) in [6.07, 6.45) is 7.46. The van der Waals surface area contributed by atoms with E-state index in [0.717, 1.165) is 19.5 Å². The Labute approximate surface area is 191 Å². The molecule has 4 rings (SSSR count). The molecule has 0 saturated carbocycles. The van der Waals surface area contributed by atoms with E-state index in [1.165, 1.54) is 60.8 Å². The fourth-order valence-corrected chi connectivity index (χ4v) is 4.48. The number of halogens is 1. The molecule has 176 valence electrons. The van der Waals surface area contributed by atoms with Crippen molar-refractivity contribution in [2.75, 3.05) is 19.6 Å². The first kappa shape index (κ1) is 23.1. The summed E-state index contributed by atoms with van der Waals surface area (Å²) >= 11 is 0. The Morgan fingerprint density at radius 3 is 2.85 bits per heavy atom. The number of piperidine rings is 1. The molecule has 33 heavy (non-hydrogen) atoms. The zero-order valence-corrected chi connectivity index (χ0v) is 18.9. The van der Waals surface area contributed by atoms with Crippen LogP contribution in [-0.4, -0.2) is 51.2 Å². The molecule has 1 aliphatic rings. The minimum atomic E-state index is -0.380. The molecule has 3 heterocycles. The Hall–Kier alpha value is -3.07. The molecule has 0 radical (unpaired) electrons. The lowest BCUT2D eigenvalue weighted by atomic mass is 10.00. The van der Waals surface area contributed by atoms with Crippen LogP contribution in [0.4, 0.5) is 4.39 Å². The molecule has 0 bridgehead atoms. The van der Waals surface area contributed by atoms with E-state index in [4.69, 9.17) is 4.52 Å². The zero-order chi connectivity index (χ0) is 23.2. The molecule has 1 atom stereocenters. The van der Waals surface area contributed by atoms with Crippen LogP contribution in [0.15, 0.2) is 39.9 Å². The van der Waals surface area contributed by atoms with Gasteiger partial charge in [-0.2, -0.15) is 0 Å². The highest BCUT2D eigenvalue weighted by Crippen LogP contribution is 2.24. The number of nitrogens with one attached hydrogen (secondary N) is 1. The van der Waals surface area contributed by atoms with Gasteiger partial charge in [-0.05, 0) is 56.5 Å². The first-order chi connectivity index (χ1) is 16.1. The lowest BCUT2D eigenvalue weighted by Crippen LogP contribution is -2.40. The molecule has 9 heteroatoms. The molecule has 1 saturated heterocycles. The highest BCUT2D eigenvalue weighted by molar-refractivity contribution is 5.88. The molecule has 1 aromatic carbocycles. The van der Waals surface area contributed by atoms with E-state index in [2.05, 4.69) is 27.3 Å². The minimum Gasteiger partial charge on any atom is -0.356 e. The highest BCUT2D eigenvalue weighted by atomic mass is 19.1. The van der Waals surface area contributed by atoms with Crippen LogP contribution < -0.4 is 10.9 Å². The van der Waals surface area contributed by atoms with Crippen LogP contribution in [0.25, 0.3) is 22.4 Å². The lowest BCUT2D eigenvalue weighted by Gasteiger charge is -2.35. The van der Waals surface area contributed by atoms with Crippen molar-refractivity contribution in [1.82, 2.24) is 24.9 Å². The van der Waals surface area contributed by atoms with E-state index in [1.54, 1.807) is 0 Å². The van der Waals surface area contributed by atoms with Gasteiger partial charge in [-0.15, -0.1) is 0 Å². The number of fused-ring (bicyclic) bond motifs is 1. The Bertz CT molecular complexity index is 1140. The largest absolute Gasteiger partial charge is 0.356 e. The number of hydrogen-bond acceptors (Lipinski definition) is 6. The van der Waals surface area contributed by atoms with Gasteiger partial charge in [0.1, 0.15) is 23.2 Å². The monoisotopic (exact) mass is 455 g/mol. The summed E-state index contributed by atoms with van der Waals surface area (Å²) in [5.74, 6) is -0.481. The van der Waals surface area contributed by atoms with Crippen molar-refractivity contribution in [2.45, 2.75) is 58.0 Å². The Kier molecular flexibility index (Phi) is 7.49. The van der Waals surface area contributed by atoms with Crippen molar-refractivity contribution in [3.63, 3.8) is 0 Å². The average Bonchev–Trinajstić information content (AvgIpc) is 3.27. The molecule has 1 N–H and O–H groups in total. The third kappa shape index (κ3) is 5.47. The number of carbonyl (C=O) groups excluding carboxylic acids is 1. The topological polar surface area (TPSA) is 93.3 Å². The van der Waals surface area contributed by atoms with Crippen LogP contribution in [0, 0.1) is 5.82 Å². The summed E-state index contributed by atoms with van der Waals surface area (Å²) in [6, 6.07) is 6.32. The first-order valence-electron chi connectivity index (χ1n) is 11.7. The van der Waals surface area contributed by atoms with Crippen LogP contribution in [-0.2, 0) is 11.3 Å². The second-order valence-corrected chi connectivity index (χ2v) is 8.51. The van der Waals surface area contributed by atoms with Crippen molar-refractivity contribution < 1.29 is 13.7 Å². The molecule has 8 nitrogen and oxygen atoms in total. The number of hydrogen-bond donors (Lipinski definition) is 1. The van der Waals surface area contributed by atoms with Crippen molar-refractivity contribution in [2.24, 2.45) is 0 Å². The second-order valence-electron chi connectivity index (χ2n) is 8.51. The number of nitrogens with zero attached hydrogens (tertiary/aromatic N) is 4. The minimum absolute atomic E-state index is 0.100. The maximum absolute atomic E-state index is 13.2. The number of aryl methyl sites for hydroxylation is 1. The van der Waals surface area contributed by atoms with Gasteiger partial charge in [-0.25, -0.2) is 9.37 Å². The predicted octanol–water partition coefficient (Wildman–Crippen LogP) is 3.35. The van der Waals surface area contributed by atoms with E-state index < -0.39 is 0 Å². The highest BCUT2D eigenvalue weighted by Gasteiger charge is 2.20. The van der Waals surface area contributed by atoms with Gasteiger partial charge >= 0.3 is 0 Å². The maximum atomic E-state index is 13.2. The Balaban J connectivity index is 1.32. The van der Waals surface area contributed by atoms with Gasteiger partial charge in [0.25, 0.3) is 11.3 Å². The van der Waals surface area contributed by atoms with Gasteiger partial charge in [-0.1, -0.05) is 18.5 Å². The summed E-state index contributed by atoms with van der Waals surface area (Å²) in [7, 11) is 0. The normalized spacial score (nSPS) is 16.8. The number of likely N-dealkylation sites (tertiary alicyclic amines) is 1. The van der Waals surface area contributed by atoms with Gasteiger partial charge in [0, 0.05) is 37.7 Å². The number of amides is 1. The van der Waals surface area contributed by atoms with Crippen LogP contribution >= 0.6 is 0 Å². The maximum Gasteiger partial charge on any atom is 0.266 e. The fraction of sp³-hybridized carbons (Fsp3) is 0.500. The molecular formula is C24H30FN5O3. The van der Waals surface area contributed by atoms with E-state index in [9.17, 15) is 14.0 Å². The molecule has 0 spiro atoms. The van der Waals surface area contributed by atoms with Gasteiger partial charge < -0.3 is 14.7 Å². The van der Waals surface area contributed by atoms with Gasteiger partial charge in [-0.3, -0.25) is 14.2 Å². The molecule has 2 aromatic heterocycles. The molecule has 1 fully saturated rings. The summed E-state index contributed by atoms with van der Waals surface area (Å²) in [6.45, 7) is 5.21. The van der Waals surface area contributed by atoms with Crippen molar-refractivity contribution in [3.8, 4) is 11.3 Å². The van der Waals surface area contributed by atoms with E-state index in [1.807, 2.05) is 0 Å². The Morgan fingerprint density at radius 2 is 2.06 bits per heavy atom. The predicted molar refractivity (Wildman–Crippen MR) is 123 cm³/mol. The van der Waals surface area contributed by atoms with Crippen molar-refractivity contribution >= 4 is 17.0 Å². The fourth-order valence-electron chi connectivity index (χ4n) is 4.48. The summed E-state index contributed by atoms with van der Waals surface area (Å²) in [5, 5.41) is 7.11. The summed E-state index contributed by atoms with van der Waals surface area (Å²) in [5.41, 5.74) is 0.639. The van der Waals surface area contributed by atoms with Crippen LogP contribution in [0.3, 0.4) is 0 Å². The van der Waals surface area contributed by atoms with Crippen molar-refractivity contribution in [1.29, 1.82) is 0 Å². The van der Waals surface area contributed by atoms with E-state index >= 15 is 0 Å². The smallest absolute Gasteiger partial charge is 0.266 e. The first-order valence-corrected chi connectivity index (χ1v) is 11.7. The quantitative estimate of drug-likeness (QED) is 0.498. The molecular weight excluding hydrogens is 425 g/mol. The van der Waals surface area contributed by atoms with Crippen LogP contribution in [0.5, 0.6) is 0 Å². The van der Waals surface area contributed by atoms with Gasteiger partial charge in [0.2, 0.25) is 5.91 Å². The number of rotatable bonds is 9. The SMILES string of the molecule is CCC1CCCCN1CCCNC(=O)CCn1cnc2onc(-c3ccc(F)cc3)c2c1=O. The lowest BCUT2D eigenvalue weighted by molar-refractivity contribution is -0.121. The van der Waals surface area contributed by atoms with E-state index in [0.29, 0.717) is 23.8 Å². The van der Waals surface area contributed by atoms with E-state index in [-0.39, 0.29) is 41.3 Å². The number of benzene rings is 1. The molecule has 1 unspecified atom stereocenters. The van der Waals surface area contributed by atoms with Crippen LogP contribution in [0.1, 0.15) is 45.4 Å². The Morgan fingerprint density at radius 1 is 1.24 bits per heavy atom. The molecule has 0 aliphatic carbocycles. The third-order valence-electron chi connectivity index (χ3n) is 6.33. The van der Waals surface area contributed by atoms with Gasteiger partial charge in [0.15, 0.2) is 0 Å². The molecule has 1 amide bonds. The standard InChI is InChI=1S/C24H30FN5O3/c1-2-19-6-3-4-13-29(19)14-5-12-26-20(31)11-15-30-16-27-23-21(24(30)32)22(28-33-23)17-7-9-18(25)10-8-17/h7-10,16,19H,2-6,11-15H2,1H3,(H,26,31). The zero-order valence-electron chi connectivity index (χ0n) is 18.9. The molecule has 3 aromatic rings. The number of carbonyl (C=O) groups is 1. The van der Waals surface area contributed by atoms with Crippen molar-refractivity contribution in [3.05, 3.63) is 46.8 Å². The van der Waals surface area contributed by atoms with Gasteiger partial charge in [0.05, 0.1) is 0 Å². The second kappa shape index (κ2) is 10.7. The third-order valence-corrected chi connectivity index (χ3v) is 6.33. The molecule has 1 aliphatic heterocycles. The summed E-state index contributed by atoms with van der Waals surface area (Å²) in [4.78, 5) is 32.0. The summed E-state index contributed by atoms with van der Waals surface area (Å²) < 4.78 is 19.8. The average molecular weight is 456 g/mol. The van der Waals surface area contributed by atoms with Crippen LogP contribution in [0.2, 0.25) is 0 Å². The number of aromatic nitrogens is 3.